The summed E-state index contributed by atoms with van der Waals surface area (Å²) in [6, 6.07) is 12.4. The van der Waals surface area contributed by atoms with E-state index in [0.29, 0.717) is 28.9 Å². The zero-order valence-corrected chi connectivity index (χ0v) is 24.8. The number of nitrogens with zero attached hydrogens (tertiary/aromatic N) is 2. The van der Waals surface area contributed by atoms with Gasteiger partial charge in [0.2, 0.25) is 11.8 Å². The molecule has 2 N–H and O–H groups in total. The summed E-state index contributed by atoms with van der Waals surface area (Å²) in [7, 11) is 0. The number of hydrogen-bond acceptors (Lipinski definition) is 3. The Morgan fingerprint density at radius 2 is 1.64 bits per heavy atom. The number of likely N-dealkylation sites (tertiary alicyclic amines) is 2. The maximum absolute atomic E-state index is 13.6. The molecule has 1 atom stereocenters. The van der Waals surface area contributed by atoms with E-state index in [4.69, 9.17) is 28.9 Å². The van der Waals surface area contributed by atoms with E-state index in [1.165, 1.54) is 16.7 Å². The molecular weight excluding hydrogens is 529 g/mol. The number of nitrogens with two attached hydrogens (primary N) is 1. The van der Waals surface area contributed by atoms with Gasteiger partial charge in [0.15, 0.2) is 0 Å². The van der Waals surface area contributed by atoms with Gasteiger partial charge < -0.3 is 15.5 Å². The van der Waals surface area contributed by atoms with Crippen molar-refractivity contribution in [2.75, 3.05) is 32.7 Å². The SMILES string of the molecule is Cc1cc(C)cc(CC(=O)N2CCCC(CCN3CCC(C4(C(N)=O)CC4)CC3)(c3ccc(Cl)c(Cl)c3)C2)c1. The third kappa shape index (κ3) is 6.16. The highest BCUT2D eigenvalue weighted by Gasteiger charge is 2.54. The molecule has 0 bridgehead atoms. The van der Waals surface area contributed by atoms with Crippen molar-refractivity contribution in [1.82, 2.24) is 9.80 Å². The van der Waals surface area contributed by atoms with E-state index in [-0.39, 0.29) is 22.6 Å². The summed E-state index contributed by atoms with van der Waals surface area (Å²) in [6.45, 7) is 8.58. The van der Waals surface area contributed by atoms with Crippen LogP contribution in [0, 0.1) is 25.2 Å². The summed E-state index contributed by atoms with van der Waals surface area (Å²) in [6.07, 6.45) is 7.33. The summed E-state index contributed by atoms with van der Waals surface area (Å²) in [4.78, 5) is 30.2. The zero-order chi connectivity index (χ0) is 27.8. The molecule has 39 heavy (non-hydrogen) atoms. The Hall–Kier alpha value is -2.08. The van der Waals surface area contributed by atoms with Crippen molar-refractivity contribution >= 4 is 35.0 Å². The first-order valence-electron chi connectivity index (χ1n) is 14.4. The van der Waals surface area contributed by atoms with Gasteiger partial charge in [0.05, 0.1) is 21.9 Å². The Labute approximate surface area is 243 Å². The van der Waals surface area contributed by atoms with Crippen LogP contribution in [0.1, 0.15) is 67.2 Å². The van der Waals surface area contributed by atoms with Crippen molar-refractivity contribution in [3.8, 4) is 0 Å². The monoisotopic (exact) mass is 569 g/mol. The first-order valence-corrected chi connectivity index (χ1v) is 15.2. The third-order valence-corrected chi connectivity index (χ3v) is 10.4. The summed E-state index contributed by atoms with van der Waals surface area (Å²) >= 11 is 12.8. The highest BCUT2D eigenvalue weighted by Crippen LogP contribution is 2.55. The van der Waals surface area contributed by atoms with Crippen LogP contribution in [0.5, 0.6) is 0 Å². The minimum Gasteiger partial charge on any atom is -0.369 e. The molecule has 2 saturated heterocycles. The topological polar surface area (TPSA) is 66.6 Å². The molecule has 5 nitrogen and oxygen atoms in total. The number of carbonyl (C=O) groups excluding carboxylic acids is 2. The van der Waals surface area contributed by atoms with Gasteiger partial charge >= 0.3 is 0 Å². The molecule has 0 radical (unpaired) electrons. The second kappa shape index (κ2) is 11.4. The van der Waals surface area contributed by atoms with Crippen LogP contribution in [-0.4, -0.2) is 54.3 Å². The molecule has 2 aromatic carbocycles. The van der Waals surface area contributed by atoms with Gasteiger partial charge in [0.1, 0.15) is 0 Å². The highest BCUT2D eigenvalue weighted by molar-refractivity contribution is 6.42. The van der Waals surface area contributed by atoms with E-state index < -0.39 is 0 Å². The van der Waals surface area contributed by atoms with Crippen LogP contribution in [0.25, 0.3) is 0 Å². The van der Waals surface area contributed by atoms with Crippen molar-refractivity contribution in [2.45, 2.75) is 70.6 Å². The molecule has 3 fully saturated rings. The third-order valence-electron chi connectivity index (χ3n) is 9.65. The fraction of sp³-hybridized carbons (Fsp3) is 0.562. The van der Waals surface area contributed by atoms with E-state index in [2.05, 4.69) is 47.9 Å². The summed E-state index contributed by atoms with van der Waals surface area (Å²) in [5, 5.41) is 1.12. The quantitative estimate of drug-likeness (QED) is 0.418. The van der Waals surface area contributed by atoms with Crippen LogP contribution < -0.4 is 5.73 Å². The smallest absolute Gasteiger partial charge is 0.227 e. The Morgan fingerprint density at radius 1 is 0.949 bits per heavy atom. The molecule has 2 heterocycles. The van der Waals surface area contributed by atoms with Gasteiger partial charge in [-0.3, -0.25) is 9.59 Å². The van der Waals surface area contributed by atoms with Crippen molar-refractivity contribution in [3.63, 3.8) is 0 Å². The minimum atomic E-state index is -0.229. The van der Waals surface area contributed by atoms with Crippen molar-refractivity contribution in [2.24, 2.45) is 17.1 Å². The first-order chi connectivity index (χ1) is 18.6. The standard InChI is InChI=1S/C32H41Cl2N3O2/c1-22-16-23(2)18-24(17-22)19-29(38)37-12-3-8-31(21-37,26-4-5-27(33)28(34)20-26)11-15-36-13-6-25(7-14-36)32(9-10-32)30(35)39/h4-5,16-18,20,25H,3,6-15,19,21H2,1-2H3,(H2,35,39). The molecule has 7 heteroatoms. The highest BCUT2D eigenvalue weighted by atomic mass is 35.5. The van der Waals surface area contributed by atoms with E-state index >= 15 is 0 Å². The number of rotatable bonds is 8. The molecule has 1 aliphatic carbocycles. The predicted octanol–water partition coefficient (Wildman–Crippen LogP) is 6.08. The van der Waals surface area contributed by atoms with Gasteiger partial charge in [-0.2, -0.15) is 0 Å². The molecular formula is C32H41Cl2N3O2. The Kier molecular flexibility index (Phi) is 8.33. The normalized spacial score (nSPS) is 23.5. The number of primary amides is 1. The summed E-state index contributed by atoms with van der Waals surface area (Å²) in [5.41, 5.74) is 9.98. The number of carbonyl (C=O) groups is 2. The molecule has 2 aromatic rings. The minimum absolute atomic E-state index is 0.104. The van der Waals surface area contributed by atoms with Crippen LogP contribution in [-0.2, 0) is 21.4 Å². The van der Waals surface area contributed by atoms with Gasteiger partial charge in [0, 0.05) is 18.5 Å². The first kappa shape index (κ1) is 28.4. The fourth-order valence-electron chi connectivity index (χ4n) is 7.28. The van der Waals surface area contributed by atoms with E-state index in [9.17, 15) is 9.59 Å². The molecule has 0 spiro atoms. The molecule has 3 aliphatic rings. The molecule has 1 saturated carbocycles. The Morgan fingerprint density at radius 3 is 2.26 bits per heavy atom. The van der Waals surface area contributed by atoms with Crippen LogP contribution >= 0.6 is 23.2 Å². The fourth-order valence-corrected chi connectivity index (χ4v) is 7.58. The molecule has 2 aliphatic heterocycles. The van der Waals surface area contributed by atoms with E-state index in [1.807, 2.05) is 12.1 Å². The average molecular weight is 571 g/mol. The number of halogens is 2. The second-order valence-electron chi connectivity index (χ2n) is 12.4. The predicted molar refractivity (Wildman–Crippen MR) is 158 cm³/mol. The number of piperidine rings is 2. The molecule has 210 valence electrons. The van der Waals surface area contributed by atoms with Gasteiger partial charge in [-0.05, 0) is 108 Å². The summed E-state index contributed by atoms with van der Waals surface area (Å²) in [5.74, 6) is 0.502. The van der Waals surface area contributed by atoms with Crippen molar-refractivity contribution in [3.05, 3.63) is 68.7 Å². The number of hydrogen-bond donors (Lipinski definition) is 1. The number of aryl methyl sites for hydroxylation is 2. The van der Waals surface area contributed by atoms with Gasteiger partial charge in [-0.1, -0.05) is 58.6 Å². The zero-order valence-electron chi connectivity index (χ0n) is 23.3. The lowest BCUT2D eigenvalue weighted by Gasteiger charge is -2.45. The van der Waals surface area contributed by atoms with Gasteiger partial charge in [0.25, 0.3) is 0 Å². The number of benzene rings is 2. The summed E-state index contributed by atoms with van der Waals surface area (Å²) < 4.78 is 0. The lowest BCUT2D eigenvalue weighted by atomic mass is 9.71. The van der Waals surface area contributed by atoms with Gasteiger partial charge in [-0.15, -0.1) is 0 Å². The lowest BCUT2D eigenvalue weighted by Crippen LogP contribution is -2.50. The van der Waals surface area contributed by atoms with Crippen LogP contribution in [0.3, 0.4) is 0 Å². The maximum atomic E-state index is 13.6. The van der Waals surface area contributed by atoms with Crippen LogP contribution in [0.15, 0.2) is 36.4 Å². The van der Waals surface area contributed by atoms with E-state index in [1.54, 1.807) is 0 Å². The molecule has 2 amide bonds. The molecule has 5 rings (SSSR count). The van der Waals surface area contributed by atoms with Gasteiger partial charge in [-0.25, -0.2) is 0 Å². The Bertz CT molecular complexity index is 1220. The second-order valence-corrected chi connectivity index (χ2v) is 13.2. The largest absolute Gasteiger partial charge is 0.369 e. The van der Waals surface area contributed by atoms with E-state index in [0.717, 1.165) is 76.7 Å². The average Bonchev–Trinajstić information content (AvgIpc) is 3.71. The van der Waals surface area contributed by atoms with Crippen molar-refractivity contribution < 1.29 is 9.59 Å². The molecule has 1 unspecified atom stereocenters. The van der Waals surface area contributed by atoms with Crippen LogP contribution in [0.2, 0.25) is 10.0 Å². The van der Waals surface area contributed by atoms with Crippen molar-refractivity contribution in [1.29, 1.82) is 0 Å². The number of amides is 2. The maximum Gasteiger partial charge on any atom is 0.227 e. The molecule has 0 aromatic heterocycles. The van der Waals surface area contributed by atoms with Crippen LogP contribution in [0.4, 0.5) is 0 Å². The lowest BCUT2D eigenvalue weighted by molar-refractivity contribution is -0.133. The Balaban J connectivity index is 1.30.